The second-order valence-corrected chi connectivity index (χ2v) is 4.95. The van der Waals surface area contributed by atoms with Gasteiger partial charge in [-0.05, 0) is 38.6 Å². The highest BCUT2D eigenvalue weighted by Gasteiger charge is 2.45. The molecule has 4 heteroatoms. The van der Waals surface area contributed by atoms with Crippen molar-refractivity contribution in [3.8, 4) is 0 Å². The second kappa shape index (κ2) is 4.10. The van der Waals surface area contributed by atoms with Gasteiger partial charge in [-0.2, -0.15) is 0 Å². The highest BCUT2D eigenvalue weighted by atomic mass is 16.2. The number of nitrogens with two attached hydrogens (primary N) is 1. The zero-order valence-electron chi connectivity index (χ0n) is 9.46. The van der Waals surface area contributed by atoms with E-state index in [4.69, 9.17) is 5.73 Å². The van der Waals surface area contributed by atoms with Crippen LogP contribution in [0.1, 0.15) is 26.2 Å². The average molecular weight is 211 g/mol. The van der Waals surface area contributed by atoms with Gasteiger partial charge in [0.25, 0.3) is 0 Å². The van der Waals surface area contributed by atoms with Crippen molar-refractivity contribution in [2.75, 3.05) is 26.2 Å². The fourth-order valence-electron chi connectivity index (χ4n) is 2.25. The third-order valence-electron chi connectivity index (χ3n) is 3.51. The van der Waals surface area contributed by atoms with Crippen molar-refractivity contribution < 1.29 is 4.79 Å². The number of nitrogens with zero attached hydrogens (tertiary/aromatic N) is 1. The van der Waals surface area contributed by atoms with Gasteiger partial charge in [0.05, 0.1) is 5.54 Å². The van der Waals surface area contributed by atoms with Crippen LogP contribution in [0, 0.1) is 5.92 Å². The van der Waals surface area contributed by atoms with Gasteiger partial charge in [-0.3, -0.25) is 4.79 Å². The Hall–Kier alpha value is -0.610. The molecule has 2 fully saturated rings. The Morgan fingerprint density at radius 1 is 1.40 bits per heavy atom. The number of hydrogen-bond acceptors (Lipinski definition) is 3. The van der Waals surface area contributed by atoms with E-state index >= 15 is 0 Å². The molecule has 1 atom stereocenters. The van der Waals surface area contributed by atoms with Gasteiger partial charge in [0.2, 0.25) is 5.91 Å². The van der Waals surface area contributed by atoms with Crippen LogP contribution in [0.5, 0.6) is 0 Å². The first-order chi connectivity index (χ1) is 7.12. The molecular weight excluding hydrogens is 190 g/mol. The van der Waals surface area contributed by atoms with Crippen LogP contribution in [0.2, 0.25) is 0 Å². The van der Waals surface area contributed by atoms with Crippen LogP contribution in [0.3, 0.4) is 0 Å². The van der Waals surface area contributed by atoms with Crippen molar-refractivity contribution in [1.82, 2.24) is 10.2 Å². The molecule has 0 radical (unpaired) electrons. The highest BCUT2D eigenvalue weighted by molar-refractivity contribution is 5.86. The predicted molar refractivity (Wildman–Crippen MR) is 59.4 cm³/mol. The summed E-state index contributed by atoms with van der Waals surface area (Å²) in [5.41, 5.74) is 5.52. The zero-order valence-corrected chi connectivity index (χ0v) is 9.46. The second-order valence-electron chi connectivity index (χ2n) is 4.95. The summed E-state index contributed by atoms with van der Waals surface area (Å²) in [5, 5.41) is 3.29. The summed E-state index contributed by atoms with van der Waals surface area (Å²) in [4.78, 5) is 14.2. The van der Waals surface area contributed by atoms with E-state index in [0.717, 1.165) is 45.4 Å². The Labute approximate surface area is 91.2 Å². The van der Waals surface area contributed by atoms with Gasteiger partial charge in [-0.1, -0.05) is 0 Å². The van der Waals surface area contributed by atoms with E-state index in [-0.39, 0.29) is 5.91 Å². The van der Waals surface area contributed by atoms with Crippen LogP contribution < -0.4 is 11.1 Å². The summed E-state index contributed by atoms with van der Waals surface area (Å²) in [7, 11) is 0. The Balaban J connectivity index is 1.98. The maximum absolute atomic E-state index is 12.2. The summed E-state index contributed by atoms with van der Waals surface area (Å²) >= 11 is 0. The predicted octanol–water partition coefficient (Wildman–Crippen LogP) is -0.0643. The van der Waals surface area contributed by atoms with Crippen LogP contribution in [0.25, 0.3) is 0 Å². The van der Waals surface area contributed by atoms with Crippen molar-refractivity contribution in [2.24, 2.45) is 11.7 Å². The molecule has 1 heterocycles. The standard InChI is InChI=1S/C11H21N3O/c1-11(12,9-3-4-9)10(15)14-7-2-5-13-6-8-14/h9,13H,2-8,12H2,1H3. The fraction of sp³-hybridized carbons (Fsp3) is 0.909. The molecule has 4 nitrogen and oxygen atoms in total. The molecule has 1 aliphatic carbocycles. The Morgan fingerprint density at radius 3 is 2.80 bits per heavy atom. The van der Waals surface area contributed by atoms with Gasteiger partial charge in [-0.15, -0.1) is 0 Å². The number of hydrogen-bond donors (Lipinski definition) is 2. The molecule has 2 aliphatic rings. The quantitative estimate of drug-likeness (QED) is 0.672. The summed E-state index contributed by atoms with van der Waals surface area (Å²) in [6.07, 6.45) is 3.27. The largest absolute Gasteiger partial charge is 0.340 e. The van der Waals surface area contributed by atoms with Crippen LogP contribution in [-0.4, -0.2) is 42.5 Å². The maximum Gasteiger partial charge on any atom is 0.242 e. The summed E-state index contributed by atoms with van der Waals surface area (Å²) in [5.74, 6) is 0.565. The zero-order chi connectivity index (χ0) is 10.9. The van der Waals surface area contributed by atoms with Crippen molar-refractivity contribution in [2.45, 2.75) is 31.7 Å². The number of nitrogens with one attached hydrogen (secondary N) is 1. The topological polar surface area (TPSA) is 58.4 Å². The minimum atomic E-state index is -0.621. The first kappa shape index (κ1) is 10.9. The molecule has 0 aromatic carbocycles. The van der Waals surface area contributed by atoms with E-state index in [1.54, 1.807) is 0 Å². The number of carbonyl (C=O) groups is 1. The molecule has 3 N–H and O–H groups in total. The first-order valence-electron chi connectivity index (χ1n) is 5.91. The molecule has 1 aliphatic heterocycles. The lowest BCUT2D eigenvalue weighted by molar-refractivity contribution is -0.137. The number of rotatable bonds is 2. The van der Waals surface area contributed by atoms with E-state index in [2.05, 4.69) is 5.32 Å². The van der Waals surface area contributed by atoms with E-state index < -0.39 is 5.54 Å². The van der Waals surface area contributed by atoms with Crippen LogP contribution in [0.15, 0.2) is 0 Å². The maximum atomic E-state index is 12.2. The summed E-state index contributed by atoms with van der Waals surface area (Å²) < 4.78 is 0. The van der Waals surface area contributed by atoms with Crippen molar-refractivity contribution in [3.63, 3.8) is 0 Å². The molecule has 1 saturated carbocycles. The third kappa shape index (κ3) is 2.32. The Bertz CT molecular complexity index is 240. The minimum absolute atomic E-state index is 0.147. The van der Waals surface area contributed by atoms with Gasteiger partial charge in [0.1, 0.15) is 0 Å². The molecule has 15 heavy (non-hydrogen) atoms. The monoisotopic (exact) mass is 211 g/mol. The van der Waals surface area contributed by atoms with Crippen LogP contribution in [-0.2, 0) is 4.79 Å². The van der Waals surface area contributed by atoms with E-state index in [9.17, 15) is 4.79 Å². The molecule has 2 rings (SSSR count). The number of amides is 1. The molecular formula is C11H21N3O. The van der Waals surface area contributed by atoms with Crippen LogP contribution in [0.4, 0.5) is 0 Å². The van der Waals surface area contributed by atoms with Crippen molar-refractivity contribution >= 4 is 5.91 Å². The lowest BCUT2D eigenvalue weighted by Gasteiger charge is -2.31. The van der Waals surface area contributed by atoms with Gasteiger partial charge >= 0.3 is 0 Å². The van der Waals surface area contributed by atoms with E-state index in [1.807, 2.05) is 11.8 Å². The fourth-order valence-corrected chi connectivity index (χ4v) is 2.25. The molecule has 1 saturated heterocycles. The summed E-state index contributed by atoms with van der Waals surface area (Å²) in [6.45, 7) is 5.45. The van der Waals surface area contributed by atoms with Crippen LogP contribution >= 0.6 is 0 Å². The Kier molecular flexibility index (Phi) is 2.98. The molecule has 1 unspecified atom stereocenters. The van der Waals surface area contributed by atoms with E-state index in [1.165, 1.54) is 0 Å². The van der Waals surface area contributed by atoms with Gasteiger partial charge in [0.15, 0.2) is 0 Å². The molecule has 86 valence electrons. The summed E-state index contributed by atoms with van der Waals surface area (Å²) in [6, 6.07) is 0. The average Bonchev–Trinajstić information content (AvgIpc) is 3.03. The molecule has 0 aromatic heterocycles. The lowest BCUT2D eigenvalue weighted by Crippen LogP contribution is -2.55. The van der Waals surface area contributed by atoms with E-state index in [0.29, 0.717) is 5.92 Å². The van der Waals surface area contributed by atoms with Gasteiger partial charge < -0.3 is 16.0 Å². The third-order valence-corrected chi connectivity index (χ3v) is 3.51. The van der Waals surface area contributed by atoms with Crippen molar-refractivity contribution in [1.29, 1.82) is 0 Å². The van der Waals surface area contributed by atoms with Crippen molar-refractivity contribution in [3.05, 3.63) is 0 Å². The lowest BCUT2D eigenvalue weighted by atomic mass is 9.95. The van der Waals surface area contributed by atoms with Gasteiger partial charge in [-0.25, -0.2) is 0 Å². The number of carbonyl (C=O) groups excluding carboxylic acids is 1. The normalized spacial score (nSPS) is 26.9. The Morgan fingerprint density at radius 2 is 2.13 bits per heavy atom. The molecule has 0 bridgehead atoms. The molecule has 0 spiro atoms. The molecule has 1 amide bonds. The SMILES string of the molecule is CC(N)(C(=O)N1CCCNCC1)C1CC1. The minimum Gasteiger partial charge on any atom is -0.340 e. The molecule has 0 aromatic rings. The first-order valence-corrected chi connectivity index (χ1v) is 5.91. The smallest absolute Gasteiger partial charge is 0.242 e. The highest BCUT2D eigenvalue weighted by Crippen LogP contribution is 2.38. The van der Waals surface area contributed by atoms with Gasteiger partial charge in [0, 0.05) is 19.6 Å².